The van der Waals surface area contributed by atoms with Crippen LogP contribution in [0.25, 0.3) is 11.2 Å². The molecule has 2 N–H and O–H groups in total. The van der Waals surface area contributed by atoms with Gasteiger partial charge in [-0.3, -0.25) is 4.79 Å². The third kappa shape index (κ3) is 2.28. The fourth-order valence-electron chi connectivity index (χ4n) is 3.14. The number of carbonyl (C=O) groups is 1. The number of carboxylic acid groups (broad SMARTS) is 1. The van der Waals surface area contributed by atoms with E-state index in [0.717, 1.165) is 49.1 Å². The van der Waals surface area contributed by atoms with E-state index in [2.05, 4.69) is 15.0 Å². The molecule has 2 aromatic heterocycles. The molecule has 1 saturated carbocycles. The van der Waals surface area contributed by atoms with Gasteiger partial charge in [0, 0.05) is 12.1 Å². The number of aliphatic carboxylic acids is 1. The maximum absolute atomic E-state index is 11.7. The number of rotatable bonds is 3. The molecule has 0 atom stereocenters. The van der Waals surface area contributed by atoms with Crippen LogP contribution < -0.4 is 0 Å². The smallest absolute Gasteiger partial charge is 0.310 e. The van der Waals surface area contributed by atoms with Crippen LogP contribution in [0.3, 0.4) is 0 Å². The van der Waals surface area contributed by atoms with E-state index in [1.165, 1.54) is 0 Å². The molecule has 106 valence electrons. The van der Waals surface area contributed by atoms with Crippen molar-refractivity contribution in [1.29, 1.82) is 0 Å². The van der Waals surface area contributed by atoms with Gasteiger partial charge in [0.25, 0.3) is 0 Å². The number of nitrogens with one attached hydrogen (secondary N) is 1. The zero-order chi connectivity index (χ0) is 14.2. The van der Waals surface area contributed by atoms with Crippen molar-refractivity contribution in [3.63, 3.8) is 0 Å². The number of aryl methyl sites for hydroxylation is 1. The van der Waals surface area contributed by atoms with Crippen molar-refractivity contribution < 1.29 is 9.90 Å². The van der Waals surface area contributed by atoms with Crippen molar-refractivity contribution in [3.05, 3.63) is 23.7 Å². The standard InChI is InChI=1S/C15H19N3O2/c1-10-5-6-11-13(16-10)18-12(17-11)9-15(14(19)20)7-3-2-4-8-15/h5-6H,2-4,7-9H2,1H3,(H,19,20)(H,16,17,18). The molecule has 0 saturated heterocycles. The summed E-state index contributed by atoms with van der Waals surface area (Å²) < 4.78 is 0. The second kappa shape index (κ2) is 4.89. The highest BCUT2D eigenvalue weighted by molar-refractivity contribution is 5.75. The van der Waals surface area contributed by atoms with Crippen LogP contribution in [-0.4, -0.2) is 26.0 Å². The van der Waals surface area contributed by atoms with E-state index < -0.39 is 11.4 Å². The molecule has 1 aliphatic carbocycles. The highest BCUT2D eigenvalue weighted by atomic mass is 16.4. The molecular formula is C15H19N3O2. The van der Waals surface area contributed by atoms with E-state index in [1.54, 1.807) is 0 Å². The number of H-pyrrole nitrogens is 1. The number of hydrogen-bond donors (Lipinski definition) is 2. The van der Waals surface area contributed by atoms with Crippen LogP contribution in [0.1, 0.15) is 43.6 Å². The third-order valence-electron chi connectivity index (χ3n) is 4.30. The Morgan fingerprint density at radius 2 is 2.05 bits per heavy atom. The minimum atomic E-state index is -0.693. The second-order valence-corrected chi connectivity index (χ2v) is 5.83. The summed E-state index contributed by atoms with van der Waals surface area (Å²) in [5, 5.41) is 9.61. The first-order valence-electron chi connectivity index (χ1n) is 7.15. The van der Waals surface area contributed by atoms with Crippen LogP contribution in [0.5, 0.6) is 0 Å². The van der Waals surface area contributed by atoms with Gasteiger partial charge in [-0.05, 0) is 31.9 Å². The number of imidazole rings is 1. The minimum Gasteiger partial charge on any atom is -0.481 e. The van der Waals surface area contributed by atoms with Crippen molar-refractivity contribution in [2.75, 3.05) is 0 Å². The molecule has 2 heterocycles. The summed E-state index contributed by atoms with van der Waals surface area (Å²) in [5.41, 5.74) is 1.82. The summed E-state index contributed by atoms with van der Waals surface area (Å²) in [7, 11) is 0. The molecule has 2 aromatic rings. The summed E-state index contributed by atoms with van der Waals surface area (Å²) in [6, 6.07) is 3.88. The summed E-state index contributed by atoms with van der Waals surface area (Å²) in [5.74, 6) is 0.0456. The minimum absolute atomic E-state index is 0.470. The average Bonchev–Trinajstić information content (AvgIpc) is 2.80. The Kier molecular flexibility index (Phi) is 3.20. The Balaban J connectivity index is 1.92. The molecule has 1 fully saturated rings. The Hall–Kier alpha value is -1.91. The van der Waals surface area contributed by atoms with Crippen molar-refractivity contribution in [2.45, 2.75) is 45.4 Å². The van der Waals surface area contributed by atoms with Crippen LogP contribution in [-0.2, 0) is 11.2 Å². The largest absolute Gasteiger partial charge is 0.481 e. The molecule has 0 radical (unpaired) electrons. The molecule has 5 heteroatoms. The molecule has 3 rings (SSSR count). The van der Waals surface area contributed by atoms with Crippen molar-refractivity contribution in [1.82, 2.24) is 15.0 Å². The molecule has 20 heavy (non-hydrogen) atoms. The van der Waals surface area contributed by atoms with Gasteiger partial charge in [-0.2, -0.15) is 0 Å². The molecule has 5 nitrogen and oxygen atoms in total. The van der Waals surface area contributed by atoms with Crippen LogP contribution in [0.15, 0.2) is 12.1 Å². The van der Waals surface area contributed by atoms with Crippen LogP contribution in [0.2, 0.25) is 0 Å². The Morgan fingerprint density at radius 3 is 2.75 bits per heavy atom. The third-order valence-corrected chi connectivity index (χ3v) is 4.30. The first-order chi connectivity index (χ1) is 9.59. The normalized spacial score (nSPS) is 18.2. The highest BCUT2D eigenvalue weighted by Gasteiger charge is 2.40. The van der Waals surface area contributed by atoms with E-state index in [0.29, 0.717) is 12.1 Å². The average molecular weight is 273 g/mol. The number of pyridine rings is 1. The lowest BCUT2D eigenvalue weighted by atomic mass is 9.72. The second-order valence-electron chi connectivity index (χ2n) is 5.83. The predicted octanol–water partition coefficient (Wildman–Crippen LogP) is 2.84. The first kappa shape index (κ1) is 13.1. The monoisotopic (exact) mass is 273 g/mol. The van der Waals surface area contributed by atoms with Gasteiger partial charge in [-0.1, -0.05) is 19.3 Å². The van der Waals surface area contributed by atoms with Gasteiger partial charge >= 0.3 is 5.97 Å². The quantitative estimate of drug-likeness (QED) is 0.901. The van der Waals surface area contributed by atoms with Gasteiger partial charge in [0.05, 0.1) is 10.9 Å². The molecule has 0 spiro atoms. The van der Waals surface area contributed by atoms with Gasteiger partial charge in [-0.25, -0.2) is 9.97 Å². The topological polar surface area (TPSA) is 78.9 Å². The van der Waals surface area contributed by atoms with E-state index in [9.17, 15) is 9.90 Å². The molecule has 1 aliphatic rings. The lowest BCUT2D eigenvalue weighted by Crippen LogP contribution is -2.35. The highest BCUT2D eigenvalue weighted by Crippen LogP contribution is 2.39. The maximum Gasteiger partial charge on any atom is 0.310 e. The van der Waals surface area contributed by atoms with E-state index in [4.69, 9.17) is 0 Å². The zero-order valence-electron chi connectivity index (χ0n) is 11.6. The lowest BCUT2D eigenvalue weighted by molar-refractivity contribution is -0.151. The molecule has 0 aromatic carbocycles. The molecule has 0 bridgehead atoms. The Morgan fingerprint density at radius 1 is 1.30 bits per heavy atom. The van der Waals surface area contributed by atoms with E-state index in [1.807, 2.05) is 19.1 Å². The Labute approximate surface area is 117 Å². The van der Waals surface area contributed by atoms with Crippen molar-refractivity contribution in [3.8, 4) is 0 Å². The number of fused-ring (bicyclic) bond motifs is 1. The predicted molar refractivity (Wildman–Crippen MR) is 75.5 cm³/mol. The van der Waals surface area contributed by atoms with Crippen molar-refractivity contribution in [2.24, 2.45) is 5.41 Å². The molecule has 0 unspecified atom stereocenters. The van der Waals surface area contributed by atoms with Crippen LogP contribution in [0, 0.1) is 12.3 Å². The molecule has 0 aliphatic heterocycles. The SMILES string of the molecule is Cc1ccc2[nH]c(CC3(C(=O)O)CCCCC3)nc2n1. The lowest BCUT2D eigenvalue weighted by Gasteiger charge is -2.32. The van der Waals surface area contributed by atoms with E-state index >= 15 is 0 Å². The number of hydrogen-bond acceptors (Lipinski definition) is 3. The summed E-state index contributed by atoms with van der Waals surface area (Å²) in [6.07, 6.45) is 5.07. The van der Waals surface area contributed by atoms with Crippen molar-refractivity contribution >= 4 is 17.1 Å². The number of nitrogens with zero attached hydrogens (tertiary/aromatic N) is 2. The molecule has 0 amide bonds. The fourth-order valence-corrected chi connectivity index (χ4v) is 3.14. The maximum atomic E-state index is 11.7. The number of carboxylic acids is 1. The van der Waals surface area contributed by atoms with Gasteiger partial charge in [0.1, 0.15) is 5.82 Å². The number of aromatic nitrogens is 3. The van der Waals surface area contributed by atoms with E-state index in [-0.39, 0.29) is 0 Å². The number of aromatic amines is 1. The summed E-state index contributed by atoms with van der Waals surface area (Å²) in [4.78, 5) is 23.7. The van der Waals surface area contributed by atoms with Gasteiger partial charge < -0.3 is 10.1 Å². The fraction of sp³-hybridized carbons (Fsp3) is 0.533. The van der Waals surface area contributed by atoms with Gasteiger partial charge in [0.2, 0.25) is 0 Å². The van der Waals surface area contributed by atoms with Crippen LogP contribution >= 0.6 is 0 Å². The van der Waals surface area contributed by atoms with Gasteiger partial charge in [-0.15, -0.1) is 0 Å². The summed E-state index contributed by atoms with van der Waals surface area (Å²) >= 11 is 0. The Bertz CT molecular complexity index is 642. The zero-order valence-corrected chi connectivity index (χ0v) is 11.6. The first-order valence-corrected chi connectivity index (χ1v) is 7.15. The molecular weight excluding hydrogens is 254 g/mol. The van der Waals surface area contributed by atoms with Gasteiger partial charge in [0.15, 0.2) is 5.65 Å². The summed E-state index contributed by atoms with van der Waals surface area (Å²) in [6.45, 7) is 1.92. The van der Waals surface area contributed by atoms with Crippen LogP contribution in [0.4, 0.5) is 0 Å².